The number of nitrogens with zero attached hydrogens (tertiary/aromatic N) is 5. The van der Waals surface area contributed by atoms with Crippen LogP contribution in [-0.2, 0) is 0 Å². The second-order valence-corrected chi connectivity index (χ2v) is 11.0. The third-order valence-electron chi connectivity index (χ3n) is 7.88. The van der Waals surface area contributed by atoms with Gasteiger partial charge >= 0.3 is 0 Å². The summed E-state index contributed by atoms with van der Waals surface area (Å²) in [6.45, 7) is 6.85. The predicted octanol–water partition coefficient (Wildman–Crippen LogP) is 3.98. The van der Waals surface area contributed by atoms with Gasteiger partial charge in [-0.1, -0.05) is 19.9 Å². The summed E-state index contributed by atoms with van der Waals surface area (Å²) in [6, 6.07) is 8.02. The van der Waals surface area contributed by atoms with Crippen molar-refractivity contribution in [2.75, 3.05) is 37.0 Å². The standard InChI is InChI=1S/C28H37FN6O3/c1-17(2)19-6-7-22(38-16-18-5-8-26(36)34(18)4)21-14-31-25(13-20(19)21)32-24-9-11-30-27(33-24)35-12-10-28(3,37)23(29)15-35/h6-7,9,11,13-14,17-18,23,26,36-37H,5,8,10,12,15-16H2,1-4H3,(H,30,31,32,33)/t18-,23+,26?,28-/m0/s1. The summed E-state index contributed by atoms with van der Waals surface area (Å²) in [6.07, 6.45) is 3.62. The summed E-state index contributed by atoms with van der Waals surface area (Å²) in [5.41, 5.74) is -0.143. The minimum Gasteiger partial charge on any atom is -0.491 e. The molecule has 2 aliphatic rings. The van der Waals surface area contributed by atoms with Crippen LogP contribution < -0.4 is 15.0 Å². The number of likely N-dealkylation sites (N-methyl/N-ethyl adjacent to an activating group) is 1. The Balaban J connectivity index is 1.37. The first kappa shape index (κ1) is 26.5. The number of aliphatic hydroxyl groups excluding tert-OH is 1. The second-order valence-electron chi connectivity index (χ2n) is 11.0. The number of benzene rings is 1. The third-order valence-corrected chi connectivity index (χ3v) is 7.88. The summed E-state index contributed by atoms with van der Waals surface area (Å²) in [4.78, 5) is 17.2. The van der Waals surface area contributed by atoms with Crippen molar-refractivity contribution in [3.8, 4) is 5.75 Å². The molecule has 38 heavy (non-hydrogen) atoms. The quantitative estimate of drug-likeness (QED) is 0.423. The number of rotatable bonds is 7. The lowest BCUT2D eigenvalue weighted by Gasteiger charge is -2.38. The van der Waals surface area contributed by atoms with Gasteiger partial charge in [-0.3, -0.25) is 4.90 Å². The lowest BCUT2D eigenvalue weighted by Crippen LogP contribution is -2.52. The summed E-state index contributed by atoms with van der Waals surface area (Å²) >= 11 is 0. The van der Waals surface area contributed by atoms with Gasteiger partial charge in [0.05, 0.1) is 12.1 Å². The van der Waals surface area contributed by atoms with E-state index in [0.29, 0.717) is 43.1 Å². The topological polar surface area (TPSA) is 107 Å². The highest BCUT2D eigenvalue weighted by molar-refractivity contribution is 5.92. The fraction of sp³-hybridized carbons (Fsp3) is 0.536. The van der Waals surface area contributed by atoms with E-state index in [-0.39, 0.29) is 12.6 Å². The molecular formula is C28H37FN6O3. The minimum atomic E-state index is -1.37. The van der Waals surface area contributed by atoms with Crippen molar-refractivity contribution < 1.29 is 19.3 Å². The lowest BCUT2D eigenvalue weighted by molar-refractivity contribution is -0.0332. The highest BCUT2D eigenvalue weighted by atomic mass is 19.1. The second kappa shape index (κ2) is 10.6. The molecule has 0 radical (unpaired) electrons. The molecule has 5 rings (SSSR count). The number of hydrogen-bond donors (Lipinski definition) is 3. The van der Waals surface area contributed by atoms with E-state index in [1.807, 2.05) is 30.3 Å². The van der Waals surface area contributed by atoms with Gasteiger partial charge in [0.1, 0.15) is 36.4 Å². The number of hydrogen-bond acceptors (Lipinski definition) is 9. The molecule has 3 N–H and O–H groups in total. The highest BCUT2D eigenvalue weighted by Crippen LogP contribution is 2.35. The zero-order chi connectivity index (χ0) is 27.0. The summed E-state index contributed by atoms with van der Waals surface area (Å²) in [5.74, 6) is 2.66. The number of alkyl halides is 1. The molecule has 204 valence electrons. The van der Waals surface area contributed by atoms with Crippen molar-refractivity contribution in [2.24, 2.45) is 0 Å². The Morgan fingerprint density at radius 1 is 1.18 bits per heavy atom. The minimum absolute atomic E-state index is 0.0425. The van der Waals surface area contributed by atoms with Crippen LogP contribution in [0.3, 0.4) is 0 Å². The van der Waals surface area contributed by atoms with Crippen molar-refractivity contribution in [1.29, 1.82) is 0 Å². The van der Waals surface area contributed by atoms with Crippen molar-refractivity contribution in [3.05, 3.63) is 42.2 Å². The molecule has 2 aliphatic heterocycles. The Morgan fingerprint density at radius 2 is 2.00 bits per heavy atom. The third kappa shape index (κ3) is 5.39. The number of ether oxygens (including phenoxy) is 1. The van der Waals surface area contributed by atoms with E-state index >= 15 is 0 Å². The van der Waals surface area contributed by atoms with Crippen LogP contribution in [0.2, 0.25) is 0 Å². The van der Waals surface area contributed by atoms with Gasteiger partial charge in [-0.15, -0.1) is 0 Å². The summed E-state index contributed by atoms with van der Waals surface area (Å²) < 4.78 is 20.6. The van der Waals surface area contributed by atoms with E-state index in [1.165, 1.54) is 12.5 Å². The highest BCUT2D eigenvalue weighted by Gasteiger charge is 2.38. The average Bonchev–Trinajstić information content (AvgIpc) is 3.21. The molecule has 2 aromatic heterocycles. The van der Waals surface area contributed by atoms with E-state index in [1.54, 1.807) is 17.2 Å². The van der Waals surface area contributed by atoms with Crippen molar-refractivity contribution in [1.82, 2.24) is 19.9 Å². The zero-order valence-electron chi connectivity index (χ0n) is 22.4. The molecule has 3 aromatic rings. The normalized spacial score (nSPS) is 26.3. The predicted molar refractivity (Wildman–Crippen MR) is 146 cm³/mol. The number of piperidine rings is 1. The van der Waals surface area contributed by atoms with E-state index in [2.05, 4.69) is 40.2 Å². The Labute approximate surface area is 222 Å². The Hall–Kier alpha value is -3.08. The zero-order valence-corrected chi connectivity index (χ0v) is 22.4. The molecule has 0 aliphatic carbocycles. The molecule has 4 atom stereocenters. The first-order valence-corrected chi connectivity index (χ1v) is 13.3. The summed E-state index contributed by atoms with van der Waals surface area (Å²) in [5, 5.41) is 25.4. The van der Waals surface area contributed by atoms with Crippen LogP contribution in [0.4, 0.5) is 22.0 Å². The Kier molecular flexibility index (Phi) is 7.39. The fourth-order valence-electron chi connectivity index (χ4n) is 5.19. The van der Waals surface area contributed by atoms with Crippen LogP contribution in [-0.4, -0.2) is 80.9 Å². The lowest BCUT2D eigenvalue weighted by atomic mass is 9.92. The van der Waals surface area contributed by atoms with E-state index < -0.39 is 18.0 Å². The first-order chi connectivity index (χ1) is 18.1. The number of halogens is 1. The Bertz CT molecular complexity index is 1290. The number of anilines is 3. The van der Waals surface area contributed by atoms with Gasteiger partial charge in [0.2, 0.25) is 5.95 Å². The average molecular weight is 525 g/mol. The molecule has 0 amide bonds. The molecular weight excluding hydrogens is 487 g/mol. The first-order valence-electron chi connectivity index (χ1n) is 13.3. The Morgan fingerprint density at radius 3 is 2.71 bits per heavy atom. The maximum atomic E-state index is 14.4. The molecule has 0 saturated carbocycles. The van der Waals surface area contributed by atoms with Gasteiger partial charge < -0.3 is 25.2 Å². The molecule has 10 heteroatoms. The maximum Gasteiger partial charge on any atom is 0.227 e. The van der Waals surface area contributed by atoms with E-state index in [9.17, 15) is 14.6 Å². The molecule has 1 aromatic carbocycles. The number of likely N-dealkylation sites (tertiary alicyclic amines) is 1. The number of pyridine rings is 1. The van der Waals surface area contributed by atoms with Gasteiger partial charge in [0.25, 0.3) is 0 Å². The van der Waals surface area contributed by atoms with Crippen LogP contribution in [0.15, 0.2) is 36.7 Å². The van der Waals surface area contributed by atoms with E-state index in [0.717, 1.165) is 29.4 Å². The maximum absolute atomic E-state index is 14.4. The van der Waals surface area contributed by atoms with Gasteiger partial charge in [-0.25, -0.2) is 14.4 Å². The monoisotopic (exact) mass is 524 g/mol. The van der Waals surface area contributed by atoms with Crippen LogP contribution in [0.5, 0.6) is 5.75 Å². The van der Waals surface area contributed by atoms with Crippen molar-refractivity contribution >= 4 is 28.4 Å². The van der Waals surface area contributed by atoms with Gasteiger partial charge in [-0.2, -0.15) is 4.98 Å². The smallest absolute Gasteiger partial charge is 0.227 e. The molecule has 0 bridgehead atoms. The summed E-state index contributed by atoms with van der Waals surface area (Å²) in [7, 11) is 1.93. The number of aromatic nitrogens is 3. The number of aliphatic hydroxyl groups is 2. The molecule has 4 heterocycles. The van der Waals surface area contributed by atoms with Crippen LogP contribution >= 0.6 is 0 Å². The van der Waals surface area contributed by atoms with E-state index in [4.69, 9.17) is 4.74 Å². The van der Waals surface area contributed by atoms with Crippen LogP contribution in [0.25, 0.3) is 10.8 Å². The largest absolute Gasteiger partial charge is 0.491 e. The number of fused-ring (bicyclic) bond motifs is 1. The van der Waals surface area contributed by atoms with Crippen LogP contribution in [0.1, 0.15) is 51.5 Å². The fourth-order valence-corrected chi connectivity index (χ4v) is 5.19. The molecule has 2 fully saturated rings. The van der Waals surface area contributed by atoms with Crippen molar-refractivity contribution in [2.45, 2.75) is 70.0 Å². The molecule has 0 spiro atoms. The molecule has 2 saturated heterocycles. The molecule has 1 unspecified atom stereocenters. The SMILES string of the molecule is CC(C)c1ccc(OC[C@@H]2CCC(O)N2C)c2cnc(Nc3ccnc(N4CC[C@](C)(O)[C@H](F)C4)n3)cc12. The van der Waals surface area contributed by atoms with Gasteiger partial charge in [0.15, 0.2) is 0 Å². The molecule has 9 nitrogen and oxygen atoms in total. The van der Waals surface area contributed by atoms with Gasteiger partial charge in [0, 0.05) is 30.4 Å². The number of nitrogens with one attached hydrogen (secondary N) is 1. The van der Waals surface area contributed by atoms with Gasteiger partial charge in [-0.05, 0) is 68.3 Å². The van der Waals surface area contributed by atoms with Crippen LogP contribution in [0, 0.1) is 0 Å². The van der Waals surface area contributed by atoms with Crippen molar-refractivity contribution in [3.63, 3.8) is 0 Å².